The Kier molecular flexibility index (Phi) is 7.44. The number of ether oxygens (including phenoxy) is 3. The van der Waals surface area contributed by atoms with Gasteiger partial charge in [0.05, 0.1) is 30.9 Å². The lowest BCUT2D eigenvalue weighted by atomic mass is 9.80. The van der Waals surface area contributed by atoms with Crippen LogP contribution in [0.1, 0.15) is 79.5 Å². The molecule has 1 aliphatic carbocycles. The fourth-order valence-corrected chi connectivity index (χ4v) is 6.10. The van der Waals surface area contributed by atoms with E-state index in [1.165, 1.54) is 7.11 Å². The predicted molar refractivity (Wildman–Crippen MR) is 153 cm³/mol. The molecule has 2 aliphatic rings. The molecule has 2 aromatic carbocycles. The molecule has 0 unspecified atom stereocenters. The van der Waals surface area contributed by atoms with Gasteiger partial charge in [-0.1, -0.05) is 12.1 Å². The lowest BCUT2D eigenvalue weighted by Gasteiger charge is -2.45. The Bertz CT molecular complexity index is 1420. The highest BCUT2D eigenvalue weighted by Crippen LogP contribution is 2.50. The zero-order valence-electron chi connectivity index (χ0n) is 24.3. The second kappa shape index (κ2) is 10.6. The number of esters is 1. The van der Waals surface area contributed by atoms with E-state index in [1.807, 2.05) is 52.0 Å². The van der Waals surface area contributed by atoms with Crippen LogP contribution >= 0.6 is 0 Å². The molecule has 0 spiro atoms. The van der Waals surface area contributed by atoms with Crippen LogP contribution in [0.15, 0.2) is 42.6 Å². The summed E-state index contributed by atoms with van der Waals surface area (Å²) in [7, 11) is 3.04. The maximum atomic E-state index is 13.1. The second-order valence-electron chi connectivity index (χ2n) is 12.2. The van der Waals surface area contributed by atoms with E-state index < -0.39 is 17.3 Å². The molecule has 214 valence electrons. The number of hydrogen-bond acceptors (Lipinski definition) is 7. The molecule has 0 amide bonds. The minimum atomic E-state index is -0.699. The highest BCUT2D eigenvalue weighted by molar-refractivity contribution is 5.95. The third-order valence-corrected chi connectivity index (χ3v) is 8.27. The van der Waals surface area contributed by atoms with Gasteiger partial charge in [0.1, 0.15) is 11.4 Å². The molecule has 1 aliphatic heterocycles. The van der Waals surface area contributed by atoms with Crippen molar-refractivity contribution in [2.45, 2.75) is 77.2 Å². The minimum Gasteiger partial charge on any atom is -0.496 e. The number of piperidine rings is 1. The first-order valence-electron chi connectivity index (χ1n) is 14.0. The highest BCUT2D eigenvalue weighted by Gasteiger charge is 2.48. The highest BCUT2D eigenvalue weighted by atomic mass is 16.6. The summed E-state index contributed by atoms with van der Waals surface area (Å²) in [5, 5.41) is 12.5. The number of fused-ring (bicyclic) bond motifs is 1. The van der Waals surface area contributed by atoms with E-state index in [0.717, 1.165) is 46.2 Å². The van der Waals surface area contributed by atoms with Gasteiger partial charge in [0.2, 0.25) is 0 Å². The molecule has 1 saturated carbocycles. The van der Waals surface area contributed by atoms with E-state index in [-0.39, 0.29) is 12.0 Å². The number of aryl methyl sites for hydroxylation is 1. The minimum absolute atomic E-state index is 0.0555. The lowest BCUT2D eigenvalue weighted by molar-refractivity contribution is -0.0661. The lowest BCUT2D eigenvalue weighted by Crippen LogP contribution is -2.47. The number of likely N-dealkylation sites (tertiary alicyclic amines) is 1. The maximum Gasteiger partial charge on any atom is 0.419 e. The van der Waals surface area contributed by atoms with E-state index >= 15 is 0 Å². The third kappa shape index (κ3) is 5.47. The second-order valence-corrected chi connectivity index (χ2v) is 12.2. The number of carbonyl (C=O) groups excluding carboxylic acids is 2. The summed E-state index contributed by atoms with van der Waals surface area (Å²) in [5.41, 5.74) is 2.93. The van der Waals surface area contributed by atoms with Crippen molar-refractivity contribution in [2.75, 3.05) is 20.8 Å². The molecule has 5 rings (SSSR count). The van der Waals surface area contributed by atoms with Crippen LogP contribution in [-0.4, -0.2) is 58.6 Å². The normalized spacial score (nSPS) is 21.8. The van der Waals surface area contributed by atoms with E-state index in [1.54, 1.807) is 30.0 Å². The number of benzene rings is 2. The summed E-state index contributed by atoms with van der Waals surface area (Å²) >= 11 is 0. The molecule has 0 radical (unpaired) electrons. The Morgan fingerprint density at radius 3 is 2.40 bits per heavy atom. The molecule has 2 fully saturated rings. The van der Waals surface area contributed by atoms with Gasteiger partial charge in [-0.25, -0.2) is 9.59 Å². The summed E-state index contributed by atoms with van der Waals surface area (Å²) in [4.78, 5) is 27.5. The van der Waals surface area contributed by atoms with Gasteiger partial charge in [0.15, 0.2) is 0 Å². The number of rotatable bonds is 6. The zero-order valence-corrected chi connectivity index (χ0v) is 24.3. The number of hydrogen-bond donors (Lipinski definition) is 1. The molecule has 8 heteroatoms. The fraction of sp³-hybridized carbons (Fsp3) is 0.500. The van der Waals surface area contributed by atoms with Gasteiger partial charge in [0.25, 0.3) is 0 Å². The van der Waals surface area contributed by atoms with Crippen LogP contribution in [-0.2, 0) is 16.0 Å². The van der Waals surface area contributed by atoms with Crippen molar-refractivity contribution in [3.05, 3.63) is 64.8 Å². The Morgan fingerprint density at radius 2 is 1.80 bits per heavy atom. The van der Waals surface area contributed by atoms with Crippen LogP contribution in [0.4, 0.5) is 4.79 Å². The molecular formula is C32H40N2O6. The van der Waals surface area contributed by atoms with Crippen molar-refractivity contribution in [1.82, 2.24) is 9.47 Å². The van der Waals surface area contributed by atoms with Crippen LogP contribution in [0.3, 0.4) is 0 Å². The topological polar surface area (TPSA) is 90.2 Å². The van der Waals surface area contributed by atoms with Crippen LogP contribution in [0.5, 0.6) is 5.75 Å². The third-order valence-electron chi connectivity index (χ3n) is 8.27. The van der Waals surface area contributed by atoms with Crippen molar-refractivity contribution in [3.63, 3.8) is 0 Å². The Hall–Kier alpha value is -3.36. The average Bonchev–Trinajstić information content (AvgIpc) is 3.69. The van der Waals surface area contributed by atoms with Gasteiger partial charge < -0.3 is 19.3 Å². The molecule has 40 heavy (non-hydrogen) atoms. The van der Waals surface area contributed by atoms with Crippen molar-refractivity contribution in [1.29, 1.82) is 0 Å². The average molecular weight is 549 g/mol. The molecule has 2 atom stereocenters. The van der Waals surface area contributed by atoms with Crippen LogP contribution in [0.25, 0.3) is 10.9 Å². The summed E-state index contributed by atoms with van der Waals surface area (Å²) in [6, 6.07) is 11.4. The predicted octanol–water partition coefficient (Wildman–Crippen LogP) is 6.01. The number of nitrogens with zero attached hydrogens (tertiary/aromatic N) is 2. The monoisotopic (exact) mass is 548 g/mol. The standard InChI is InChI=1S/C32H40N2O6/c1-20-17-27(38-5)25(24-13-15-34(28(20)24)30(36)40-31(2,3)4)19-33-16-14-32(37,23-11-12-23)18-26(33)21-7-9-22(10-8-21)29(35)39-6/h7-10,13,15,17,23,26,37H,11-12,14,16,18-19H2,1-6H3/t26-,32-/m0/s1. The number of aromatic nitrogens is 1. The van der Waals surface area contributed by atoms with Gasteiger partial charge in [-0.3, -0.25) is 9.47 Å². The van der Waals surface area contributed by atoms with E-state index in [0.29, 0.717) is 37.4 Å². The van der Waals surface area contributed by atoms with Gasteiger partial charge in [-0.05, 0) is 94.7 Å². The van der Waals surface area contributed by atoms with Gasteiger partial charge in [-0.15, -0.1) is 0 Å². The molecule has 0 bridgehead atoms. The number of aliphatic hydroxyl groups is 1. The van der Waals surface area contributed by atoms with Crippen molar-refractivity contribution in [2.24, 2.45) is 5.92 Å². The Labute approximate surface area is 235 Å². The summed E-state index contributed by atoms with van der Waals surface area (Å²) in [6.07, 6.45) is 4.79. The van der Waals surface area contributed by atoms with Crippen molar-refractivity contribution < 1.29 is 28.9 Å². The van der Waals surface area contributed by atoms with Gasteiger partial charge in [-0.2, -0.15) is 0 Å². The van der Waals surface area contributed by atoms with Gasteiger partial charge >= 0.3 is 12.1 Å². The van der Waals surface area contributed by atoms with Crippen molar-refractivity contribution in [3.8, 4) is 5.75 Å². The van der Waals surface area contributed by atoms with Crippen LogP contribution in [0, 0.1) is 12.8 Å². The summed E-state index contributed by atoms with van der Waals surface area (Å²) in [6.45, 7) is 8.82. The molecule has 2 heterocycles. The first kappa shape index (κ1) is 28.2. The molecule has 1 saturated heterocycles. The summed E-state index contributed by atoms with van der Waals surface area (Å²) in [5.74, 6) is 0.729. The summed E-state index contributed by atoms with van der Waals surface area (Å²) < 4.78 is 18.0. The first-order chi connectivity index (χ1) is 18.9. The smallest absolute Gasteiger partial charge is 0.419 e. The molecule has 1 N–H and O–H groups in total. The number of methoxy groups -OCH3 is 2. The van der Waals surface area contributed by atoms with E-state index in [2.05, 4.69) is 4.90 Å². The van der Waals surface area contributed by atoms with Crippen molar-refractivity contribution >= 4 is 23.0 Å². The Morgan fingerprint density at radius 1 is 1.10 bits per heavy atom. The maximum absolute atomic E-state index is 13.1. The van der Waals surface area contributed by atoms with Crippen LogP contribution in [0.2, 0.25) is 0 Å². The molecular weight excluding hydrogens is 508 g/mol. The first-order valence-corrected chi connectivity index (χ1v) is 14.0. The van der Waals surface area contributed by atoms with E-state index in [4.69, 9.17) is 14.2 Å². The SMILES string of the molecule is COC(=O)c1ccc([C@@H]2C[C@](O)(C3CC3)CCN2Cc2c(OC)cc(C)c3c2ccn3C(=O)OC(C)(C)C)cc1. The molecule has 1 aromatic heterocycles. The van der Waals surface area contributed by atoms with E-state index in [9.17, 15) is 14.7 Å². The largest absolute Gasteiger partial charge is 0.496 e. The quantitative estimate of drug-likeness (QED) is 0.378. The number of carbonyl (C=O) groups is 2. The molecule has 3 aromatic rings. The zero-order chi connectivity index (χ0) is 28.8. The van der Waals surface area contributed by atoms with Crippen LogP contribution < -0.4 is 4.74 Å². The Balaban J connectivity index is 1.53. The van der Waals surface area contributed by atoms with Gasteiger partial charge in [0, 0.05) is 36.3 Å². The molecule has 8 nitrogen and oxygen atoms in total. The fourth-order valence-electron chi connectivity index (χ4n) is 6.10.